The van der Waals surface area contributed by atoms with Crippen molar-refractivity contribution in [1.29, 1.82) is 0 Å². The summed E-state index contributed by atoms with van der Waals surface area (Å²) in [5, 5.41) is 16.2. The topological polar surface area (TPSA) is 75.1 Å². The largest absolute Gasteiger partial charge is 0.493 e. The maximum absolute atomic E-state index is 8.89. The van der Waals surface area contributed by atoms with E-state index in [-0.39, 0.29) is 13.2 Å². The molecule has 0 aromatic heterocycles. The first kappa shape index (κ1) is 21.9. The van der Waals surface area contributed by atoms with Gasteiger partial charge in [0, 0.05) is 18.1 Å². The van der Waals surface area contributed by atoms with E-state index in [9.17, 15) is 0 Å². The van der Waals surface area contributed by atoms with Crippen LogP contribution in [0.4, 0.5) is 0 Å². The Kier molecular flexibility index (Phi) is 9.45. The molecule has 2 rings (SSSR count). The lowest BCUT2D eigenvalue weighted by Gasteiger charge is -2.13. The molecule has 152 valence electrons. The van der Waals surface area contributed by atoms with E-state index in [1.807, 2.05) is 49.4 Å². The molecule has 0 fully saturated rings. The number of methoxy groups -OCH3 is 1. The number of aliphatic hydroxyl groups is 1. The van der Waals surface area contributed by atoms with Gasteiger partial charge in [-0.15, -0.1) is 0 Å². The highest BCUT2D eigenvalue weighted by Crippen LogP contribution is 2.28. The zero-order valence-electron chi connectivity index (χ0n) is 16.4. The molecule has 0 aliphatic rings. The molecular weight excluding hydrogens is 378 g/mol. The van der Waals surface area contributed by atoms with Crippen LogP contribution in [0.25, 0.3) is 0 Å². The molecule has 0 atom stereocenters. The fraction of sp³-hybridized carbons (Fsp3) is 0.381. The second-order valence-electron chi connectivity index (χ2n) is 6.06. The lowest BCUT2D eigenvalue weighted by Crippen LogP contribution is -2.38. The van der Waals surface area contributed by atoms with Crippen LogP contribution in [-0.4, -0.2) is 44.5 Å². The molecule has 7 heteroatoms. The second kappa shape index (κ2) is 12.1. The summed E-state index contributed by atoms with van der Waals surface area (Å²) in [4.78, 5) is 4.63. The van der Waals surface area contributed by atoms with Crippen LogP contribution in [0.3, 0.4) is 0 Å². The van der Waals surface area contributed by atoms with Crippen molar-refractivity contribution in [3.63, 3.8) is 0 Å². The Morgan fingerprint density at radius 2 is 1.82 bits per heavy atom. The number of nitrogens with zero attached hydrogens (tertiary/aromatic N) is 1. The molecule has 0 spiro atoms. The van der Waals surface area contributed by atoms with Crippen molar-refractivity contribution in [1.82, 2.24) is 10.6 Å². The molecule has 0 saturated carbocycles. The minimum Gasteiger partial charge on any atom is -0.493 e. The average Bonchev–Trinajstić information content (AvgIpc) is 2.72. The fourth-order valence-electron chi connectivity index (χ4n) is 2.57. The Hall–Kier alpha value is -2.44. The summed E-state index contributed by atoms with van der Waals surface area (Å²) in [5.41, 5.74) is 2.22. The molecule has 28 heavy (non-hydrogen) atoms. The molecule has 0 radical (unpaired) electrons. The Balaban J connectivity index is 1.94. The van der Waals surface area contributed by atoms with E-state index in [1.165, 1.54) is 5.56 Å². The summed E-state index contributed by atoms with van der Waals surface area (Å²) in [7, 11) is 1.59. The molecule has 6 nitrogen and oxygen atoms in total. The monoisotopic (exact) mass is 405 g/mol. The maximum Gasteiger partial charge on any atom is 0.191 e. The number of nitrogens with one attached hydrogen (secondary N) is 2. The molecule has 0 unspecified atom stereocenters. The van der Waals surface area contributed by atoms with Gasteiger partial charge in [0.15, 0.2) is 17.5 Å². The minimum absolute atomic E-state index is 0.0388. The maximum atomic E-state index is 8.89. The summed E-state index contributed by atoms with van der Waals surface area (Å²) in [6, 6.07) is 13.5. The highest BCUT2D eigenvalue weighted by Gasteiger charge is 2.06. The van der Waals surface area contributed by atoms with E-state index in [0.29, 0.717) is 18.0 Å². The van der Waals surface area contributed by atoms with Crippen molar-refractivity contribution < 1.29 is 14.6 Å². The van der Waals surface area contributed by atoms with E-state index >= 15 is 0 Å². The predicted octanol–water partition coefficient (Wildman–Crippen LogP) is 3.02. The highest BCUT2D eigenvalue weighted by molar-refractivity contribution is 6.30. The van der Waals surface area contributed by atoms with Crippen molar-refractivity contribution >= 4 is 17.6 Å². The minimum atomic E-state index is -0.0388. The SMILES string of the molecule is CCNC(=NCc1ccc(OCCO)c(OC)c1)NCCc1ccc(Cl)cc1. The number of rotatable bonds is 10. The summed E-state index contributed by atoms with van der Waals surface area (Å²) < 4.78 is 10.8. The Morgan fingerprint density at radius 3 is 2.50 bits per heavy atom. The first-order valence-corrected chi connectivity index (χ1v) is 9.71. The van der Waals surface area contributed by atoms with Crippen LogP contribution in [0.1, 0.15) is 18.1 Å². The summed E-state index contributed by atoms with van der Waals surface area (Å²) >= 11 is 5.92. The predicted molar refractivity (Wildman–Crippen MR) is 114 cm³/mol. The van der Waals surface area contributed by atoms with Crippen LogP contribution in [0, 0.1) is 0 Å². The molecule has 2 aromatic carbocycles. The lowest BCUT2D eigenvalue weighted by molar-refractivity contribution is 0.196. The number of aliphatic imine (C=N–C) groups is 1. The smallest absolute Gasteiger partial charge is 0.191 e. The molecular formula is C21H28ClN3O3. The van der Waals surface area contributed by atoms with Crippen LogP contribution in [0.5, 0.6) is 11.5 Å². The summed E-state index contributed by atoms with van der Waals surface area (Å²) in [6.45, 7) is 4.29. The van der Waals surface area contributed by atoms with E-state index < -0.39 is 0 Å². The first-order valence-electron chi connectivity index (χ1n) is 9.33. The van der Waals surface area contributed by atoms with Gasteiger partial charge in [-0.25, -0.2) is 4.99 Å². The number of hydrogen-bond acceptors (Lipinski definition) is 4. The van der Waals surface area contributed by atoms with Gasteiger partial charge in [-0.2, -0.15) is 0 Å². The Bertz CT molecular complexity index is 751. The number of benzene rings is 2. The molecule has 0 heterocycles. The molecule has 2 aromatic rings. The number of ether oxygens (including phenoxy) is 2. The van der Waals surface area contributed by atoms with E-state index in [0.717, 1.165) is 36.1 Å². The molecule has 0 aliphatic heterocycles. The van der Waals surface area contributed by atoms with Gasteiger partial charge in [0.05, 0.1) is 20.3 Å². The van der Waals surface area contributed by atoms with Gasteiger partial charge in [0.25, 0.3) is 0 Å². The van der Waals surface area contributed by atoms with Gasteiger partial charge in [-0.05, 0) is 48.7 Å². The third-order valence-electron chi connectivity index (χ3n) is 3.96. The molecule has 3 N–H and O–H groups in total. The van der Waals surface area contributed by atoms with Crippen LogP contribution < -0.4 is 20.1 Å². The molecule has 0 aliphatic carbocycles. The van der Waals surface area contributed by atoms with Crippen LogP contribution in [0.15, 0.2) is 47.5 Å². The third-order valence-corrected chi connectivity index (χ3v) is 4.21. The van der Waals surface area contributed by atoms with Crippen molar-refractivity contribution in [3.8, 4) is 11.5 Å². The van der Waals surface area contributed by atoms with Gasteiger partial charge in [0.2, 0.25) is 0 Å². The van der Waals surface area contributed by atoms with Crippen LogP contribution in [0.2, 0.25) is 5.02 Å². The van der Waals surface area contributed by atoms with Crippen molar-refractivity contribution in [2.24, 2.45) is 4.99 Å². The van der Waals surface area contributed by atoms with Crippen LogP contribution in [-0.2, 0) is 13.0 Å². The zero-order valence-corrected chi connectivity index (χ0v) is 17.1. The third kappa shape index (κ3) is 7.29. The van der Waals surface area contributed by atoms with Gasteiger partial charge in [-0.1, -0.05) is 29.8 Å². The Morgan fingerprint density at radius 1 is 1.07 bits per heavy atom. The van der Waals surface area contributed by atoms with Crippen molar-refractivity contribution in [3.05, 3.63) is 58.6 Å². The normalized spacial score (nSPS) is 11.2. The van der Waals surface area contributed by atoms with Crippen molar-refractivity contribution in [2.75, 3.05) is 33.4 Å². The quantitative estimate of drug-likeness (QED) is 0.418. The number of halogens is 1. The van der Waals surface area contributed by atoms with Gasteiger partial charge in [0.1, 0.15) is 6.61 Å². The van der Waals surface area contributed by atoms with Gasteiger partial charge < -0.3 is 25.2 Å². The Labute approximate surface area is 171 Å². The first-order chi connectivity index (χ1) is 13.7. The van der Waals surface area contributed by atoms with E-state index in [4.69, 9.17) is 26.2 Å². The number of hydrogen-bond donors (Lipinski definition) is 3. The van der Waals surface area contributed by atoms with Gasteiger partial charge >= 0.3 is 0 Å². The highest BCUT2D eigenvalue weighted by atomic mass is 35.5. The van der Waals surface area contributed by atoms with Crippen LogP contribution >= 0.6 is 11.6 Å². The van der Waals surface area contributed by atoms with E-state index in [1.54, 1.807) is 7.11 Å². The van der Waals surface area contributed by atoms with Crippen molar-refractivity contribution in [2.45, 2.75) is 19.9 Å². The zero-order chi connectivity index (χ0) is 20.2. The van der Waals surface area contributed by atoms with E-state index in [2.05, 4.69) is 15.6 Å². The van der Waals surface area contributed by atoms with Gasteiger partial charge in [-0.3, -0.25) is 0 Å². The summed E-state index contributed by atoms with van der Waals surface area (Å²) in [6.07, 6.45) is 0.881. The average molecular weight is 406 g/mol. The fourth-order valence-corrected chi connectivity index (χ4v) is 2.70. The second-order valence-corrected chi connectivity index (χ2v) is 6.49. The number of aliphatic hydroxyl groups excluding tert-OH is 1. The lowest BCUT2D eigenvalue weighted by atomic mass is 10.1. The standard InChI is InChI=1S/C21H28ClN3O3/c1-3-23-21(24-11-10-16-4-7-18(22)8-5-16)25-15-17-6-9-19(28-13-12-26)20(14-17)27-2/h4-9,14,26H,3,10-13,15H2,1-2H3,(H2,23,24,25). The molecule has 0 bridgehead atoms. The molecule has 0 amide bonds. The summed E-state index contributed by atoms with van der Waals surface area (Å²) in [5.74, 6) is 2.00. The molecule has 0 saturated heterocycles. The number of guanidine groups is 1.